The summed E-state index contributed by atoms with van der Waals surface area (Å²) in [5, 5.41) is 14.4. The van der Waals surface area contributed by atoms with Crippen molar-refractivity contribution in [3.8, 4) is 6.07 Å². The van der Waals surface area contributed by atoms with Crippen LogP contribution in [0.15, 0.2) is 47.3 Å². The summed E-state index contributed by atoms with van der Waals surface area (Å²) < 4.78 is 0. The van der Waals surface area contributed by atoms with E-state index in [-0.39, 0.29) is 17.0 Å². The van der Waals surface area contributed by atoms with Crippen molar-refractivity contribution in [3.05, 3.63) is 80.8 Å². The number of nitrogens with zero attached hydrogens (tertiary/aromatic N) is 1. The third kappa shape index (κ3) is 4.06. The fourth-order valence-electron chi connectivity index (χ4n) is 3.30. The number of aromatic nitrogens is 1. The molecule has 0 aliphatic carbocycles. The minimum absolute atomic E-state index is 0.0633. The third-order valence-electron chi connectivity index (χ3n) is 4.83. The highest BCUT2D eigenvalue weighted by molar-refractivity contribution is 5.83. The number of nitriles is 1. The molecule has 0 spiro atoms. The minimum Gasteiger partial charge on any atom is -0.352 e. The number of pyridine rings is 1. The van der Waals surface area contributed by atoms with Crippen molar-refractivity contribution in [2.75, 3.05) is 0 Å². The summed E-state index contributed by atoms with van der Waals surface area (Å²) in [6.07, 6.45) is 0.777. The molecule has 0 saturated heterocycles. The van der Waals surface area contributed by atoms with Crippen molar-refractivity contribution >= 4 is 16.7 Å². The summed E-state index contributed by atoms with van der Waals surface area (Å²) >= 11 is 0. The Morgan fingerprint density at radius 3 is 2.63 bits per heavy atom. The van der Waals surface area contributed by atoms with Gasteiger partial charge < -0.3 is 10.3 Å². The van der Waals surface area contributed by atoms with Crippen LogP contribution < -0.4 is 10.9 Å². The first-order valence-corrected chi connectivity index (χ1v) is 8.86. The molecule has 2 N–H and O–H groups in total. The fraction of sp³-hybridized carbons (Fsp3) is 0.227. The molecule has 0 fully saturated rings. The molecule has 0 aliphatic rings. The van der Waals surface area contributed by atoms with E-state index in [2.05, 4.69) is 28.5 Å². The third-order valence-corrected chi connectivity index (χ3v) is 4.83. The number of carbonyl (C=O) groups is 1. The highest BCUT2D eigenvalue weighted by Crippen LogP contribution is 2.16. The molecule has 3 aromatic rings. The van der Waals surface area contributed by atoms with Crippen molar-refractivity contribution in [3.63, 3.8) is 0 Å². The van der Waals surface area contributed by atoms with Gasteiger partial charge in [-0.15, -0.1) is 0 Å². The Bertz CT molecular complexity index is 1110. The lowest BCUT2D eigenvalue weighted by Crippen LogP contribution is -2.24. The molecule has 5 nitrogen and oxygen atoms in total. The maximum absolute atomic E-state index is 12.2. The number of fused-ring (bicyclic) bond motifs is 1. The van der Waals surface area contributed by atoms with Gasteiger partial charge in [0.05, 0.1) is 0 Å². The number of benzene rings is 2. The molecule has 0 unspecified atom stereocenters. The lowest BCUT2D eigenvalue weighted by molar-refractivity contribution is -0.121. The summed E-state index contributed by atoms with van der Waals surface area (Å²) in [5.41, 5.74) is 3.00. The van der Waals surface area contributed by atoms with E-state index in [1.165, 1.54) is 5.39 Å². The smallest absolute Gasteiger partial charge is 0.266 e. The second-order valence-corrected chi connectivity index (χ2v) is 6.63. The van der Waals surface area contributed by atoms with Crippen LogP contribution in [0.25, 0.3) is 10.8 Å². The molecule has 1 heterocycles. The minimum atomic E-state index is -0.378. The number of nitrogens with one attached hydrogen (secondary N) is 2. The Morgan fingerprint density at radius 2 is 1.89 bits per heavy atom. The zero-order valence-corrected chi connectivity index (χ0v) is 15.4. The van der Waals surface area contributed by atoms with Crippen molar-refractivity contribution in [1.82, 2.24) is 10.3 Å². The topological polar surface area (TPSA) is 85.8 Å². The lowest BCUT2D eigenvalue weighted by Gasteiger charge is -2.11. The second-order valence-electron chi connectivity index (χ2n) is 6.63. The molecule has 3 rings (SSSR count). The Labute approximate surface area is 157 Å². The van der Waals surface area contributed by atoms with Crippen LogP contribution >= 0.6 is 0 Å². The molecule has 136 valence electrons. The van der Waals surface area contributed by atoms with Crippen LogP contribution in [0.4, 0.5) is 0 Å². The second kappa shape index (κ2) is 7.88. The van der Waals surface area contributed by atoms with E-state index in [4.69, 9.17) is 5.26 Å². The first-order valence-electron chi connectivity index (χ1n) is 8.86. The van der Waals surface area contributed by atoms with Crippen molar-refractivity contribution in [2.45, 2.75) is 33.2 Å². The van der Waals surface area contributed by atoms with Gasteiger partial charge in [0.15, 0.2) is 0 Å². The molecule has 27 heavy (non-hydrogen) atoms. The van der Waals surface area contributed by atoms with Crippen LogP contribution in [-0.2, 0) is 17.8 Å². The van der Waals surface area contributed by atoms with Gasteiger partial charge in [0.25, 0.3) is 5.56 Å². The van der Waals surface area contributed by atoms with Crippen LogP contribution in [0.5, 0.6) is 0 Å². The molecule has 1 amide bonds. The van der Waals surface area contributed by atoms with Crippen LogP contribution in [0.1, 0.15) is 34.4 Å². The van der Waals surface area contributed by atoms with E-state index in [0.717, 1.165) is 16.5 Å². The average Bonchev–Trinajstić information content (AvgIpc) is 2.66. The van der Waals surface area contributed by atoms with Crippen molar-refractivity contribution < 1.29 is 4.79 Å². The van der Waals surface area contributed by atoms with Gasteiger partial charge in [-0.3, -0.25) is 9.59 Å². The van der Waals surface area contributed by atoms with Crippen LogP contribution in [0, 0.1) is 25.2 Å². The van der Waals surface area contributed by atoms with Gasteiger partial charge >= 0.3 is 0 Å². The number of hydrogen-bond donors (Lipinski definition) is 2. The molecule has 2 aromatic carbocycles. The Kier molecular flexibility index (Phi) is 5.37. The molecule has 0 bridgehead atoms. The predicted molar refractivity (Wildman–Crippen MR) is 105 cm³/mol. The van der Waals surface area contributed by atoms with Crippen LogP contribution in [0.3, 0.4) is 0 Å². The van der Waals surface area contributed by atoms with Crippen molar-refractivity contribution in [2.24, 2.45) is 0 Å². The van der Waals surface area contributed by atoms with Gasteiger partial charge in [-0.1, -0.05) is 36.4 Å². The molecule has 0 radical (unpaired) electrons. The summed E-state index contributed by atoms with van der Waals surface area (Å²) in [4.78, 5) is 26.7. The molecule has 0 aliphatic heterocycles. The number of carbonyl (C=O) groups excluding carboxylic acids is 1. The number of aromatic amines is 1. The molecular formula is C22H21N3O2. The largest absolute Gasteiger partial charge is 0.352 e. The monoisotopic (exact) mass is 359 g/mol. The van der Waals surface area contributed by atoms with Gasteiger partial charge in [0, 0.05) is 18.7 Å². The first-order chi connectivity index (χ1) is 13.0. The summed E-state index contributed by atoms with van der Waals surface area (Å²) in [7, 11) is 0. The highest BCUT2D eigenvalue weighted by atomic mass is 16.1. The Morgan fingerprint density at radius 1 is 1.15 bits per heavy atom. The van der Waals surface area contributed by atoms with E-state index < -0.39 is 0 Å². The number of rotatable bonds is 5. The van der Waals surface area contributed by atoms with Gasteiger partial charge in [0.2, 0.25) is 5.91 Å². The quantitative estimate of drug-likeness (QED) is 0.733. The average molecular weight is 359 g/mol. The fourth-order valence-corrected chi connectivity index (χ4v) is 3.30. The molecule has 0 saturated carbocycles. The summed E-state index contributed by atoms with van der Waals surface area (Å²) in [6, 6.07) is 16.2. The van der Waals surface area contributed by atoms with E-state index in [1.807, 2.05) is 30.3 Å². The van der Waals surface area contributed by atoms with Crippen molar-refractivity contribution in [1.29, 1.82) is 5.26 Å². The highest BCUT2D eigenvalue weighted by Gasteiger charge is 2.13. The Hall–Kier alpha value is -3.39. The van der Waals surface area contributed by atoms with E-state index >= 15 is 0 Å². The van der Waals surface area contributed by atoms with Gasteiger partial charge in [-0.05, 0) is 53.8 Å². The molecule has 0 atom stereocenters. The number of amides is 1. The van der Waals surface area contributed by atoms with Gasteiger partial charge in [0.1, 0.15) is 11.6 Å². The molecule has 5 heteroatoms. The van der Waals surface area contributed by atoms with E-state index in [1.54, 1.807) is 13.8 Å². The maximum atomic E-state index is 12.2. The zero-order chi connectivity index (χ0) is 19.4. The molecular weight excluding hydrogens is 338 g/mol. The van der Waals surface area contributed by atoms with E-state index in [9.17, 15) is 9.59 Å². The van der Waals surface area contributed by atoms with Crippen LogP contribution in [-0.4, -0.2) is 10.9 Å². The first kappa shape index (κ1) is 18.4. The number of aryl methyl sites for hydroxylation is 1. The SMILES string of the molecule is Cc1[nH]c(=O)c(C#N)c(C)c1CCC(=O)NCc1ccc2ccccc2c1. The predicted octanol–water partition coefficient (Wildman–Crippen LogP) is 3.27. The normalized spacial score (nSPS) is 10.6. The number of H-pyrrole nitrogens is 1. The lowest BCUT2D eigenvalue weighted by atomic mass is 9.99. The maximum Gasteiger partial charge on any atom is 0.266 e. The Balaban J connectivity index is 1.63. The summed E-state index contributed by atoms with van der Waals surface area (Å²) in [5.74, 6) is -0.0633. The van der Waals surface area contributed by atoms with E-state index in [0.29, 0.717) is 30.6 Å². The molecule has 1 aromatic heterocycles. The standard InChI is InChI=1S/C22H21N3O2/c1-14-19(15(2)25-22(27)20(14)12-23)9-10-21(26)24-13-16-7-8-17-5-3-4-6-18(17)11-16/h3-8,11H,9-10,13H2,1-2H3,(H,24,26)(H,25,27). The van der Waals surface area contributed by atoms with Crippen LogP contribution in [0.2, 0.25) is 0 Å². The van der Waals surface area contributed by atoms with Gasteiger partial charge in [-0.25, -0.2) is 0 Å². The number of hydrogen-bond acceptors (Lipinski definition) is 3. The zero-order valence-electron chi connectivity index (χ0n) is 15.4. The van der Waals surface area contributed by atoms with Gasteiger partial charge in [-0.2, -0.15) is 5.26 Å². The summed E-state index contributed by atoms with van der Waals surface area (Å²) in [6.45, 7) is 4.01.